The molecule has 33 heavy (non-hydrogen) atoms. The number of carbonyl (C=O) groups excluding carboxylic acids is 1. The second-order valence-electron chi connectivity index (χ2n) is 8.73. The van der Waals surface area contributed by atoms with E-state index < -0.39 is 6.29 Å². The third-order valence-electron chi connectivity index (χ3n) is 6.64. The Morgan fingerprint density at radius 2 is 1.97 bits per heavy atom. The molecule has 1 fully saturated rings. The number of carbonyl (C=O) groups is 1. The third kappa shape index (κ3) is 3.50. The number of benzene rings is 1. The van der Waals surface area contributed by atoms with Gasteiger partial charge in [-0.05, 0) is 42.6 Å². The lowest BCUT2D eigenvalue weighted by Gasteiger charge is -2.26. The smallest absolute Gasteiger partial charge is 0.395 e. The number of H-pyrrole nitrogens is 1. The predicted octanol–water partition coefficient (Wildman–Crippen LogP) is 4.94. The highest BCUT2D eigenvalue weighted by molar-refractivity contribution is 5.89. The lowest BCUT2D eigenvalue weighted by atomic mass is 9.87. The fourth-order valence-electron chi connectivity index (χ4n) is 5.01. The van der Waals surface area contributed by atoms with Crippen molar-refractivity contribution in [1.29, 1.82) is 0 Å². The molecule has 0 radical (unpaired) electrons. The Morgan fingerprint density at radius 3 is 2.82 bits per heavy atom. The summed E-state index contributed by atoms with van der Waals surface area (Å²) in [6.45, 7) is 2.30. The number of alkyl halides is 2. The Bertz CT molecular complexity index is 1220. The Balaban J connectivity index is 1.30. The first-order valence-electron chi connectivity index (χ1n) is 11.2. The fourth-order valence-corrected chi connectivity index (χ4v) is 5.01. The molecule has 170 valence electrons. The average molecular weight is 451 g/mol. The van der Waals surface area contributed by atoms with Crippen LogP contribution in [-0.4, -0.2) is 41.7 Å². The van der Waals surface area contributed by atoms with Crippen LogP contribution in [0, 0.1) is 5.92 Å². The summed E-state index contributed by atoms with van der Waals surface area (Å²) in [7, 11) is 0. The van der Waals surface area contributed by atoms with Gasteiger partial charge >= 0.3 is 6.29 Å². The molecule has 4 heterocycles. The quantitative estimate of drug-likeness (QED) is 0.694. The Hall–Kier alpha value is -3.55. The van der Waals surface area contributed by atoms with Gasteiger partial charge in [-0.15, -0.1) is 8.78 Å². The minimum absolute atomic E-state index is 0.0174. The molecule has 0 spiro atoms. The van der Waals surface area contributed by atoms with E-state index in [4.69, 9.17) is 4.74 Å². The molecule has 1 atom stereocenters. The lowest BCUT2D eigenvalue weighted by Crippen LogP contribution is -2.34. The zero-order valence-corrected chi connectivity index (χ0v) is 17.9. The molecule has 1 saturated heterocycles. The van der Waals surface area contributed by atoms with E-state index in [-0.39, 0.29) is 23.3 Å². The Kier molecular flexibility index (Phi) is 4.57. The van der Waals surface area contributed by atoms with Gasteiger partial charge < -0.3 is 24.7 Å². The molecule has 3 aliphatic heterocycles. The number of nitrogens with one attached hydrogen (secondary N) is 2. The largest absolute Gasteiger partial charge is 0.586 e. The van der Waals surface area contributed by atoms with Crippen molar-refractivity contribution in [1.82, 2.24) is 9.88 Å². The molecule has 1 aromatic heterocycles. The predicted molar refractivity (Wildman–Crippen MR) is 120 cm³/mol. The second kappa shape index (κ2) is 7.50. The average Bonchev–Trinajstić information content (AvgIpc) is 3.55. The van der Waals surface area contributed by atoms with Crippen molar-refractivity contribution >= 4 is 17.8 Å². The van der Waals surface area contributed by atoms with Crippen molar-refractivity contribution in [2.75, 3.05) is 25.0 Å². The number of hydrogen-bond acceptors (Lipinski definition) is 4. The van der Waals surface area contributed by atoms with Gasteiger partial charge in [0.25, 0.3) is 0 Å². The highest BCUT2D eigenvalue weighted by Gasteiger charge is 2.45. The first-order valence-corrected chi connectivity index (χ1v) is 11.2. The number of rotatable bonds is 3. The maximum absolute atomic E-state index is 13.7. The maximum atomic E-state index is 13.7. The van der Waals surface area contributed by atoms with Gasteiger partial charge in [0.15, 0.2) is 11.5 Å². The summed E-state index contributed by atoms with van der Waals surface area (Å²) in [6.07, 6.45) is 8.96. The van der Waals surface area contributed by atoms with Crippen LogP contribution in [0.5, 0.6) is 11.5 Å². The molecule has 6 nitrogen and oxygen atoms in total. The molecule has 1 unspecified atom stereocenters. The number of fused-ring (bicyclic) bond motifs is 2. The van der Waals surface area contributed by atoms with Gasteiger partial charge in [-0.3, -0.25) is 4.79 Å². The SMILES string of the molecule is O=C(C1C=CC=C(C2=Cc3c(-c4cccc5c4OC(F)(F)O5)c[nH]c3NC2)C1)N1CCCC1. The summed E-state index contributed by atoms with van der Waals surface area (Å²) < 4.78 is 36.8. The number of anilines is 1. The summed E-state index contributed by atoms with van der Waals surface area (Å²) in [5.74, 6) is 0.902. The minimum Gasteiger partial charge on any atom is -0.395 e. The fraction of sp³-hybridized carbons (Fsp3) is 0.320. The highest BCUT2D eigenvalue weighted by Crippen LogP contribution is 2.49. The lowest BCUT2D eigenvalue weighted by molar-refractivity contribution is -0.286. The molecule has 0 saturated carbocycles. The van der Waals surface area contributed by atoms with Crippen LogP contribution in [0.3, 0.4) is 0 Å². The summed E-state index contributed by atoms with van der Waals surface area (Å²) in [5, 5.41) is 3.38. The molecule has 2 N–H and O–H groups in total. The third-order valence-corrected chi connectivity index (χ3v) is 6.64. The molecule has 6 rings (SSSR count). The van der Waals surface area contributed by atoms with Crippen LogP contribution in [0.1, 0.15) is 24.8 Å². The van der Waals surface area contributed by atoms with Gasteiger partial charge in [-0.1, -0.05) is 30.4 Å². The molecule has 4 aliphatic rings. The number of para-hydroxylation sites is 1. The molecule has 1 aromatic carbocycles. The van der Waals surface area contributed by atoms with Gasteiger partial charge in [0.05, 0.1) is 5.92 Å². The van der Waals surface area contributed by atoms with Gasteiger partial charge in [-0.2, -0.15) is 0 Å². The van der Waals surface area contributed by atoms with E-state index >= 15 is 0 Å². The number of aromatic amines is 1. The first-order chi connectivity index (χ1) is 16.0. The molecule has 1 amide bonds. The van der Waals surface area contributed by atoms with Crippen LogP contribution >= 0.6 is 0 Å². The van der Waals surface area contributed by atoms with E-state index in [1.54, 1.807) is 18.3 Å². The van der Waals surface area contributed by atoms with E-state index in [1.165, 1.54) is 6.07 Å². The van der Waals surface area contributed by atoms with Crippen molar-refractivity contribution in [3.8, 4) is 22.6 Å². The number of hydrogen-bond donors (Lipinski definition) is 2. The van der Waals surface area contributed by atoms with Crippen molar-refractivity contribution < 1.29 is 23.0 Å². The van der Waals surface area contributed by atoms with E-state index in [0.717, 1.165) is 54.0 Å². The van der Waals surface area contributed by atoms with Crippen molar-refractivity contribution in [2.45, 2.75) is 25.6 Å². The van der Waals surface area contributed by atoms with Crippen LogP contribution in [0.4, 0.5) is 14.6 Å². The summed E-state index contributed by atoms with van der Waals surface area (Å²) >= 11 is 0. The Labute approximate surface area is 189 Å². The zero-order valence-electron chi connectivity index (χ0n) is 17.9. The molecular weight excluding hydrogens is 428 g/mol. The molecule has 0 bridgehead atoms. The van der Waals surface area contributed by atoms with Crippen molar-refractivity contribution in [3.05, 3.63) is 59.3 Å². The molecule has 1 aliphatic carbocycles. The number of likely N-dealkylation sites (tertiary alicyclic amines) is 1. The van der Waals surface area contributed by atoms with Gasteiger partial charge in [0.2, 0.25) is 5.91 Å². The maximum Gasteiger partial charge on any atom is 0.586 e. The summed E-state index contributed by atoms with van der Waals surface area (Å²) in [5.41, 5.74) is 4.30. The summed E-state index contributed by atoms with van der Waals surface area (Å²) in [4.78, 5) is 18.1. The van der Waals surface area contributed by atoms with Crippen LogP contribution in [0.25, 0.3) is 17.2 Å². The Morgan fingerprint density at radius 1 is 1.12 bits per heavy atom. The number of amides is 1. The standard InChI is InChI=1S/C25H23F2N3O3/c26-25(27)32-21-8-4-7-18(22(21)33-25)20-14-29-23-19(20)12-17(13-28-23)15-5-3-6-16(11-15)24(31)30-9-1-2-10-30/h3-8,12,14,16,28-29H,1-2,9-11,13H2. The molecule has 8 heteroatoms. The van der Waals surface area contributed by atoms with E-state index in [0.29, 0.717) is 18.5 Å². The van der Waals surface area contributed by atoms with E-state index in [9.17, 15) is 13.6 Å². The van der Waals surface area contributed by atoms with Gasteiger partial charge in [0.1, 0.15) is 5.82 Å². The number of aromatic nitrogens is 1. The minimum atomic E-state index is -3.68. The number of allylic oxidation sites excluding steroid dienone is 2. The second-order valence-corrected chi connectivity index (χ2v) is 8.73. The van der Waals surface area contributed by atoms with Crippen LogP contribution in [0.2, 0.25) is 0 Å². The molecule has 2 aromatic rings. The van der Waals surface area contributed by atoms with E-state index in [2.05, 4.69) is 27.2 Å². The van der Waals surface area contributed by atoms with Crippen LogP contribution in [-0.2, 0) is 4.79 Å². The monoisotopic (exact) mass is 451 g/mol. The highest BCUT2D eigenvalue weighted by atomic mass is 19.3. The summed E-state index contributed by atoms with van der Waals surface area (Å²) in [6, 6.07) is 4.87. The first kappa shape index (κ1) is 20.1. The molecular formula is C25H23F2N3O3. The van der Waals surface area contributed by atoms with Crippen molar-refractivity contribution in [2.24, 2.45) is 5.92 Å². The number of nitrogens with zero attached hydrogens (tertiary/aromatic N) is 1. The zero-order chi connectivity index (χ0) is 22.6. The topological polar surface area (TPSA) is 66.6 Å². The van der Waals surface area contributed by atoms with Crippen LogP contribution < -0.4 is 14.8 Å². The van der Waals surface area contributed by atoms with E-state index in [1.807, 2.05) is 17.1 Å². The van der Waals surface area contributed by atoms with Crippen molar-refractivity contribution in [3.63, 3.8) is 0 Å². The van der Waals surface area contributed by atoms with Crippen LogP contribution in [0.15, 0.2) is 53.8 Å². The van der Waals surface area contributed by atoms with Gasteiger partial charge in [0, 0.05) is 42.5 Å². The normalized spacial score (nSPS) is 22.5. The number of ether oxygens (including phenoxy) is 2. The van der Waals surface area contributed by atoms with Gasteiger partial charge in [-0.25, -0.2) is 0 Å². The number of halogens is 2.